The van der Waals surface area contributed by atoms with Crippen molar-refractivity contribution in [3.63, 3.8) is 0 Å². The van der Waals surface area contributed by atoms with Gasteiger partial charge >= 0.3 is 8.25 Å². The van der Waals surface area contributed by atoms with E-state index in [-0.39, 0.29) is 0 Å². The molecule has 0 saturated carbocycles. The van der Waals surface area contributed by atoms with Crippen molar-refractivity contribution in [2.75, 3.05) is 13.2 Å². The zero-order valence-electron chi connectivity index (χ0n) is 24.9. The largest absolute Gasteiger partial charge is 0.697 e. The Morgan fingerprint density at radius 2 is 0.528 bits per heavy atom. The van der Waals surface area contributed by atoms with Crippen LogP contribution >= 0.6 is 8.25 Å². The van der Waals surface area contributed by atoms with Crippen molar-refractivity contribution in [2.45, 2.75) is 194 Å². The summed E-state index contributed by atoms with van der Waals surface area (Å²) >= 11 is 0. The molecule has 0 aliphatic rings. The Morgan fingerprint density at radius 3 is 0.750 bits per heavy atom. The second-order valence-corrected chi connectivity index (χ2v) is 12.0. The normalized spacial score (nSPS) is 11.9. The number of unbranched alkanes of at least 4 members (excludes halogenated alkanes) is 26. The van der Waals surface area contributed by atoms with Crippen molar-refractivity contribution in [1.82, 2.24) is 0 Å². The number of hydrogen-bond acceptors (Lipinski definition) is 3. The average Bonchev–Trinajstić information content (AvgIpc) is 2.88. The summed E-state index contributed by atoms with van der Waals surface area (Å²) < 4.78 is 22.5. The number of hydrogen-bond donors (Lipinski definition) is 0. The molecule has 216 valence electrons. The van der Waals surface area contributed by atoms with Crippen molar-refractivity contribution in [3.05, 3.63) is 0 Å². The summed E-state index contributed by atoms with van der Waals surface area (Å²) in [5.74, 6) is 0. The highest BCUT2D eigenvalue weighted by molar-refractivity contribution is 7.33. The fourth-order valence-corrected chi connectivity index (χ4v) is 5.54. The molecule has 0 aromatic carbocycles. The van der Waals surface area contributed by atoms with E-state index in [1.54, 1.807) is 0 Å². The molecule has 0 rings (SSSR count). The fraction of sp³-hybridized carbons (Fsp3) is 1.00. The molecule has 0 aliphatic carbocycles. The minimum Gasteiger partial charge on any atom is -0.119 e. The molecule has 1 atom stereocenters. The quantitative estimate of drug-likeness (QED) is 0.0642. The zero-order valence-corrected chi connectivity index (χ0v) is 25.8. The van der Waals surface area contributed by atoms with Crippen LogP contribution in [0, 0.1) is 0 Å². The molecule has 0 fully saturated rings. The summed E-state index contributed by atoms with van der Waals surface area (Å²) in [5, 5.41) is 0. The van der Waals surface area contributed by atoms with E-state index >= 15 is 0 Å². The maximum atomic E-state index is 11.8. The smallest absolute Gasteiger partial charge is 0.119 e. The van der Waals surface area contributed by atoms with Crippen LogP contribution in [0.25, 0.3) is 0 Å². The molecule has 0 bridgehead atoms. The highest BCUT2D eigenvalue weighted by Gasteiger charge is 2.18. The molecule has 0 aliphatic heterocycles. The van der Waals surface area contributed by atoms with Crippen molar-refractivity contribution in [3.8, 4) is 0 Å². The predicted molar refractivity (Wildman–Crippen MR) is 160 cm³/mol. The molecule has 0 saturated heterocycles. The first-order valence-electron chi connectivity index (χ1n) is 16.5. The minimum absolute atomic E-state index is 0.575. The van der Waals surface area contributed by atoms with E-state index in [0.29, 0.717) is 13.2 Å². The topological polar surface area (TPSA) is 35.5 Å². The van der Waals surface area contributed by atoms with Crippen molar-refractivity contribution >= 4 is 8.25 Å². The maximum absolute atomic E-state index is 11.8. The third kappa shape index (κ3) is 32.0. The van der Waals surface area contributed by atoms with Crippen molar-refractivity contribution in [1.29, 1.82) is 0 Å². The van der Waals surface area contributed by atoms with Crippen LogP contribution in [0.1, 0.15) is 194 Å². The van der Waals surface area contributed by atoms with Crippen LogP contribution in [0.15, 0.2) is 0 Å². The molecule has 0 N–H and O–H groups in total. The molecule has 0 amide bonds. The zero-order chi connectivity index (χ0) is 26.2. The molecule has 0 radical (unpaired) electrons. The lowest BCUT2D eigenvalue weighted by molar-refractivity contribution is 0.218. The van der Waals surface area contributed by atoms with Gasteiger partial charge in [-0.3, -0.25) is 0 Å². The highest BCUT2D eigenvalue weighted by atomic mass is 31.1. The Balaban J connectivity index is 3.13. The summed E-state index contributed by atoms with van der Waals surface area (Å²) in [6, 6.07) is 0. The Hall–Kier alpha value is 0.0200. The number of rotatable bonds is 32. The summed E-state index contributed by atoms with van der Waals surface area (Å²) in [6.07, 6.45) is 37.8. The van der Waals surface area contributed by atoms with Gasteiger partial charge in [-0.15, -0.1) is 9.05 Å². The van der Waals surface area contributed by atoms with Gasteiger partial charge in [0.2, 0.25) is 0 Å². The first-order valence-corrected chi connectivity index (χ1v) is 17.6. The summed E-state index contributed by atoms with van der Waals surface area (Å²) in [4.78, 5) is 0. The van der Waals surface area contributed by atoms with E-state index in [4.69, 9.17) is 9.05 Å². The van der Waals surface area contributed by atoms with Gasteiger partial charge in [-0.1, -0.05) is 181 Å². The maximum Gasteiger partial charge on any atom is 0.697 e. The first-order chi connectivity index (χ1) is 17.8. The lowest BCUT2D eigenvalue weighted by Crippen LogP contribution is -1.92. The van der Waals surface area contributed by atoms with Crippen molar-refractivity contribution in [2.24, 2.45) is 0 Å². The van der Waals surface area contributed by atoms with Crippen LogP contribution in [0.2, 0.25) is 0 Å². The summed E-state index contributed by atoms with van der Waals surface area (Å²) in [6.45, 7) is 5.71. The Kier molecular flexibility index (Phi) is 33.1. The van der Waals surface area contributed by atoms with Crippen LogP contribution < -0.4 is 0 Å². The van der Waals surface area contributed by atoms with Gasteiger partial charge in [0.25, 0.3) is 0 Å². The predicted octanol–water partition coefficient (Wildman–Crippen LogP) is 12.6. The molecule has 3 nitrogen and oxygen atoms in total. The molecule has 0 aromatic heterocycles. The molecular formula is C32H66O3P+. The molecule has 4 heteroatoms. The molecule has 36 heavy (non-hydrogen) atoms. The lowest BCUT2D eigenvalue weighted by atomic mass is 10.0. The van der Waals surface area contributed by atoms with Crippen LogP contribution in [-0.4, -0.2) is 13.2 Å². The first kappa shape index (κ1) is 36.0. The van der Waals surface area contributed by atoms with Gasteiger partial charge < -0.3 is 0 Å². The lowest BCUT2D eigenvalue weighted by Gasteiger charge is -2.03. The van der Waals surface area contributed by atoms with Crippen LogP contribution in [0.4, 0.5) is 0 Å². The van der Waals surface area contributed by atoms with E-state index in [2.05, 4.69) is 13.8 Å². The van der Waals surface area contributed by atoms with Crippen LogP contribution in [-0.2, 0) is 13.6 Å². The van der Waals surface area contributed by atoms with E-state index in [1.165, 1.54) is 167 Å². The van der Waals surface area contributed by atoms with Gasteiger partial charge in [0.1, 0.15) is 13.2 Å². The fourth-order valence-electron chi connectivity index (χ4n) is 4.91. The van der Waals surface area contributed by atoms with Crippen LogP contribution in [0.5, 0.6) is 0 Å². The van der Waals surface area contributed by atoms with Gasteiger partial charge in [0, 0.05) is 4.57 Å². The third-order valence-electron chi connectivity index (χ3n) is 7.39. The second kappa shape index (κ2) is 33.0. The molecule has 1 unspecified atom stereocenters. The van der Waals surface area contributed by atoms with E-state index < -0.39 is 8.25 Å². The van der Waals surface area contributed by atoms with Crippen LogP contribution in [0.3, 0.4) is 0 Å². The Labute approximate surface area is 228 Å². The monoisotopic (exact) mass is 529 g/mol. The third-order valence-corrected chi connectivity index (χ3v) is 8.18. The summed E-state index contributed by atoms with van der Waals surface area (Å²) in [7, 11) is -1.91. The Bertz CT molecular complexity index is 416. The molecule has 0 spiro atoms. The SMILES string of the molecule is CCCCCCCCCCCCCCCCCCO[P+](=O)OCCCCCCCCCCCCCC. The van der Waals surface area contributed by atoms with Gasteiger partial charge in [-0.05, 0) is 12.8 Å². The van der Waals surface area contributed by atoms with Crippen molar-refractivity contribution < 1.29 is 13.6 Å². The second-order valence-electron chi connectivity index (χ2n) is 11.1. The van der Waals surface area contributed by atoms with E-state index in [1.807, 2.05) is 0 Å². The van der Waals surface area contributed by atoms with Gasteiger partial charge in [0.05, 0.1) is 0 Å². The molecule has 0 aromatic rings. The molecule has 0 heterocycles. The van der Waals surface area contributed by atoms with E-state index in [9.17, 15) is 4.57 Å². The van der Waals surface area contributed by atoms with Gasteiger partial charge in [-0.25, -0.2) is 0 Å². The highest BCUT2D eigenvalue weighted by Crippen LogP contribution is 2.25. The summed E-state index contributed by atoms with van der Waals surface area (Å²) in [5.41, 5.74) is 0. The standard InChI is InChI=1S/C32H66O3P/c1-3-5-7-9-11-13-15-17-18-19-20-22-24-26-28-30-32-35-36(33)34-31-29-27-25-23-21-16-14-12-10-8-6-4-2/h3-32H2,1-2H3/q+1. The van der Waals surface area contributed by atoms with Gasteiger partial charge in [-0.2, -0.15) is 0 Å². The van der Waals surface area contributed by atoms with E-state index in [0.717, 1.165) is 12.8 Å². The minimum atomic E-state index is -1.91. The van der Waals surface area contributed by atoms with Gasteiger partial charge in [0.15, 0.2) is 0 Å². The average molecular weight is 530 g/mol. The Morgan fingerprint density at radius 1 is 0.333 bits per heavy atom. The molecular weight excluding hydrogens is 463 g/mol.